The number of ether oxygens (including phenoxy) is 1. The van der Waals surface area contributed by atoms with Gasteiger partial charge in [-0.25, -0.2) is 0 Å². The van der Waals surface area contributed by atoms with Crippen LogP contribution in [0.2, 0.25) is 0 Å². The summed E-state index contributed by atoms with van der Waals surface area (Å²) in [5, 5.41) is 12.8. The molecule has 0 unspecified atom stereocenters. The summed E-state index contributed by atoms with van der Waals surface area (Å²) in [7, 11) is 0. The summed E-state index contributed by atoms with van der Waals surface area (Å²) in [5.74, 6) is 0.747. The van der Waals surface area contributed by atoms with E-state index in [1.54, 1.807) is 0 Å². The highest BCUT2D eigenvalue weighted by molar-refractivity contribution is 5.51. The van der Waals surface area contributed by atoms with Crippen LogP contribution in [-0.4, -0.2) is 11.7 Å². The second-order valence-corrected chi connectivity index (χ2v) is 5.20. The Balaban J connectivity index is 2.09. The van der Waals surface area contributed by atoms with Crippen molar-refractivity contribution in [3.8, 4) is 5.75 Å². The van der Waals surface area contributed by atoms with Crippen LogP contribution in [0.5, 0.6) is 5.75 Å². The van der Waals surface area contributed by atoms with E-state index >= 15 is 0 Å². The number of aliphatic hydroxyl groups is 1. The number of anilines is 1. The number of aryl methyl sites for hydroxylation is 2. The molecule has 3 heteroatoms. The fourth-order valence-electron chi connectivity index (χ4n) is 2.35. The van der Waals surface area contributed by atoms with Gasteiger partial charge < -0.3 is 15.2 Å². The van der Waals surface area contributed by atoms with E-state index in [2.05, 4.69) is 37.4 Å². The van der Waals surface area contributed by atoms with Crippen LogP contribution < -0.4 is 10.1 Å². The van der Waals surface area contributed by atoms with Crippen molar-refractivity contribution in [2.75, 3.05) is 11.9 Å². The number of hydrogen-bond donors (Lipinski definition) is 2. The molecule has 0 aliphatic rings. The molecule has 0 bridgehead atoms. The third-order valence-corrected chi connectivity index (χ3v) is 3.51. The second-order valence-electron chi connectivity index (χ2n) is 5.20. The topological polar surface area (TPSA) is 41.5 Å². The minimum Gasteiger partial charge on any atom is -0.494 e. The fraction of sp³-hybridized carbons (Fsp3) is 0.333. The summed E-state index contributed by atoms with van der Waals surface area (Å²) in [6.45, 7) is 7.51. The van der Waals surface area contributed by atoms with Gasteiger partial charge in [-0.15, -0.1) is 0 Å². The van der Waals surface area contributed by atoms with Gasteiger partial charge in [-0.2, -0.15) is 0 Å². The minimum atomic E-state index is -0.0194. The Labute approximate surface area is 126 Å². The van der Waals surface area contributed by atoms with Gasteiger partial charge in [0.15, 0.2) is 0 Å². The van der Waals surface area contributed by atoms with Crippen molar-refractivity contribution in [3.63, 3.8) is 0 Å². The van der Waals surface area contributed by atoms with Gasteiger partial charge in [0, 0.05) is 17.8 Å². The summed E-state index contributed by atoms with van der Waals surface area (Å²) in [5.41, 5.74) is 5.64. The SMILES string of the molecule is CCOc1ccc(NCc2ccc(C)cc2C)cc1CO. The van der Waals surface area contributed by atoms with E-state index in [4.69, 9.17) is 4.74 Å². The molecular formula is C18H23NO2. The second kappa shape index (κ2) is 7.14. The molecule has 2 rings (SSSR count). The first-order valence-corrected chi connectivity index (χ1v) is 7.30. The molecule has 2 N–H and O–H groups in total. The molecule has 0 amide bonds. The van der Waals surface area contributed by atoms with Crippen LogP contribution in [0.25, 0.3) is 0 Å². The zero-order chi connectivity index (χ0) is 15.2. The van der Waals surface area contributed by atoms with E-state index < -0.39 is 0 Å². The minimum absolute atomic E-state index is 0.0194. The maximum atomic E-state index is 9.42. The summed E-state index contributed by atoms with van der Waals surface area (Å²) in [6, 6.07) is 12.3. The van der Waals surface area contributed by atoms with Gasteiger partial charge in [0.25, 0.3) is 0 Å². The number of nitrogens with one attached hydrogen (secondary N) is 1. The van der Waals surface area contributed by atoms with Gasteiger partial charge >= 0.3 is 0 Å². The molecule has 0 saturated carbocycles. The molecule has 0 radical (unpaired) electrons. The molecule has 112 valence electrons. The molecule has 0 aliphatic heterocycles. The lowest BCUT2D eigenvalue weighted by atomic mass is 10.1. The summed E-state index contributed by atoms with van der Waals surface area (Å²) in [4.78, 5) is 0. The molecular weight excluding hydrogens is 262 g/mol. The molecule has 0 saturated heterocycles. The quantitative estimate of drug-likeness (QED) is 0.848. The van der Waals surface area contributed by atoms with Gasteiger partial charge in [-0.3, -0.25) is 0 Å². The first-order valence-electron chi connectivity index (χ1n) is 7.30. The lowest BCUT2D eigenvalue weighted by Gasteiger charge is -2.13. The van der Waals surface area contributed by atoms with Gasteiger partial charge in [0.05, 0.1) is 13.2 Å². The molecule has 21 heavy (non-hydrogen) atoms. The molecule has 0 aliphatic carbocycles. The Bertz CT molecular complexity index is 608. The largest absolute Gasteiger partial charge is 0.494 e. The summed E-state index contributed by atoms with van der Waals surface area (Å²) < 4.78 is 5.49. The van der Waals surface area contributed by atoms with Crippen LogP contribution in [0.4, 0.5) is 5.69 Å². The van der Waals surface area contributed by atoms with E-state index in [1.165, 1.54) is 16.7 Å². The number of rotatable bonds is 6. The van der Waals surface area contributed by atoms with Crippen LogP contribution in [0.15, 0.2) is 36.4 Å². The molecule has 2 aromatic rings. The van der Waals surface area contributed by atoms with E-state index in [0.717, 1.165) is 23.5 Å². The van der Waals surface area contributed by atoms with Crippen molar-refractivity contribution in [2.24, 2.45) is 0 Å². The highest BCUT2D eigenvalue weighted by atomic mass is 16.5. The van der Waals surface area contributed by atoms with Crippen molar-refractivity contribution in [3.05, 3.63) is 58.7 Å². The van der Waals surface area contributed by atoms with E-state index in [9.17, 15) is 5.11 Å². The molecule has 0 atom stereocenters. The molecule has 2 aromatic carbocycles. The average molecular weight is 285 g/mol. The molecule has 0 heterocycles. The van der Waals surface area contributed by atoms with Crippen LogP contribution in [0.1, 0.15) is 29.2 Å². The molecule has 3 nitrogen and oxygen atoms in total. The standard InChI is InChI=1S/C18H23NO2/c1-4-21-18-8-7-17(10-16(18)12-20)19-11-15-6-5-13(2)9-14(15)3/h5-10,19-20H,4,11-12H2,1-3H3. The van der Waals surface area contributed by atoms with Gasteiger partial charge in [-0.05, 0) is 50.1 Å². The van der Waals surface area contributed by atoms with Crippen LogP contribution in [0, 0.1) is 13.8 Å². The van der Waals surface area contributed by atoms with Gasteiger partial charge in [0.2, 0.25) is 0 Å². The molecule has 0 aromatic heterocycles. The van der Waals surface area contributed by atoms with Crippen LogP contribution in [0.3, 0.4) is 0 Å². The van der Waals surface area contributed by atoms with Crippen molar-refractivity contribution in [1.82, 2.24) is 0 Å². The Morgan fingerprint density at radius 1 is 1.05 bits per heavy atom. The lowest BCUT2D eigenvalue weighted by Crippen LogP contribution is -2.03. The highest BCUT2D eigenvalue weighted by Crippen LogP contribution is 2.23. The maximum Gasteiger partial charge on any atom is 0.124 e. The Kier molecular flexibility index (Phi) is 5.23. The zero-order valence-electron chi connectivity index (χ0n) is 12.9. The predicted octanol–water partition coefficient (Wildman–Crippen LogP) is 3.81. The lowest BCUT2D eigenvalue weighted by molar-refractivity contribution is 0.267. The predicted molar refractivity (Wildman–Crippen MR) is 86.8 cm³/mol. The van der Waals surface area contributed by atoms with E-state index in [0.29, 0.717) is 6.61 Å². The maximum absolute atomic E-state index is 9.42. The number of hydrogen-bond acceptors (Lipinski definition) is 3. The highest BCUT2D eigenvalue weighted by Gasteiger charge is 2.05. The van der Waals surface area contributed by atoms with Gasteiger partial charge in [0.1, 0.15) is 5.75 Å². The Morgan fingerprint density at radius 3 is 2.52 bits per heavy atom. The fourth-order valence-corrected chi connectivity index (χ4v) is 2.35. The van der Waals surface area contributed by atoms with Crippen LogP contribution >= 0.6 is 0 Å². The number of benzene rings is 2. The molecule has 0 fully saturated rings. The third kappa shape index (κ3) is 3.99. The molecule has 0 spiro atoms. The average Bonchev–Trinajstić information content (AvgIpc) is 2.47. The van der Waals surface area contributed by atoms with Crippen molar-refractivity contribution < 1.29 is 9.84 Å². The third-order valence-electron chi connectivity index (χ3n) is 3.51. The Morgan fingerprint density at radius 2 is 1.86 bits per heavy atom. The summed E-state index contributed by atoms with van der Waals surface area (Å²) in [6.07, 6.45) is 0. The first kappa shape index (κ1) is 15.4. The van der Waals surface area contributed by atoms with Crippen LogP contribution in [-0.2, 0) is 13.2 Å². The normalized spacial score (nSPS) is 10.5. The zero-order valence-corrected chi connectivity index (χ0v) is 12.9. The van der Waals surface area contributed by atoms with E-state index in [-0.39, 0.29) is 6.61 Å². The monoisotopic (exact) mass is 285 g/mol. The first-order chi connectivity index (χ1) is 10.1. The van der Waals surface area contributed by atoms with Crippen molar-refractivity contribution >= 4 is 5.69 Å². The summed E-state index contributed by atoms with van der Waals surface area (Å²) >= 11 is 0. The van der Waals surface area contributed by atoms with E-state index in [1.807, 2.05) is 25.1 Å². The Hall–Kier alpha value is -2.00. The van der Waals surface area contributed by atoms with Crippen molar-refractivity contribution in [1.29, 1.82) is 0 Å². The number of aliphatic hydroxyl groups excluding tert-OH is 1. The smallest absolute Gasteiger partial charge is 0.124 e. The van der Waals surface area contributed by atoms with Crippen molar-refractivity contribution in [2.45, 2.75) is 33.9 Å². The van der Waals surface area contributed by atoms with Gasteiger partial charge in [-0.1, -0.05) is 23.8 Å².